The average molecular weight is 328 g/mol. The molecule has 0 spiro atoms. The summed E-state index contributed by atoms with van der Waals surface area (Å²) in [6.07, 6.45) is -0.284. The number of hydrogen-bond donors (Lipinski definition) is 0. The van der Waals surface area contributed by atoms with Gasteiger partial charge in [-0.1, -0.05) is 36.4 Å². The van der Waals surface area contributed by atoms with E-state index in [4.69, 9.17) is 14.2 Å². The third-order valence-corrected chi connectivity index (χ3v) is 3.19. The monoisotopic (exact) mass is 328 g/mol. The summed E-state index contributed by atoms with van der Waals surface area (Å²) in [6.45, 7) is 2.31. The van der Waals surface area contributed by atoms with E-state index in [1.807, 2.05) is 12.1 Å². The molecule has 0 aliphatic rings. The normalized spacial score (nSPS) is 11.5. The Morgan fingerprint density at radius 3 is 1.83 bits per heavy atom. The molecule has 0 aromatic heterocycles. The van der Waals surface area contributed by atoms with E-state index in [-0.39, 0.29) is 37.9 Å². The number of rotatable bonds is 8. The zero-order chi connectivity index (χ0) is 17.2. The first-order chi connectivity index (χ1) is 11.7. The van der Waals surface area contributed by atoms with E-state index in [0.717, 1.165) is 0 Å². The average Bonchev–Trinajstić information content (AvgIpc) is 2.64. The zero-order valence-electron chi connectivity index (χ0n) is 13.5. The van der Waals surface area contributed by atoms with Crippen molar-refractivity contribution in [1.82, 2.24) is 0 Å². The smallest absolute Gasteiger partial charge is 0.338 e. The molecular weight excluding hydrogens is 308 g/mol. The lowest BCUT2D eigenvalue weighted by molar-refractivity contribution is -0.0169. The fourth-order valence-electron chi connectivity index (χ4n) is 1.94. The maximum absolute atomic E-state index is 11.8. The molecule has 5 heteroatoms. The summed E-state index contributed by atoms with van der Waals surface area (Å²) in [5, 5.41) is 0. The maximum Gasteiger partial charge on any atom is 0.338 e. The third kappa shape index (κ3) is 5.85. The van der Waals surface area contributed by atoms with Crippen LogP contribution in [0.25, 0.3) is 0 Å². The Hall–Kier alpha value is -2.66. The van der Waals surface area contributed by atoms with Crippen molar-refractivity contribution in [2.75, 3.05) is 19.8 Å². The van der Waals surface area contributed by atoms with Crippen LogP contribution in [0.15, 0.2) is 60.7 Å². The minimum absolute atomic E-state index is 0.139. The molecule has 0 fully saturated rings. The fourth-order valence-corrected chi connectivity index (χ4v) is 1.94. The molecule has 2 aromatic carbocycles. The number of carbonyl (C=O) groups is 2. The molecule has 0 aliphatic heterocycles. The van der Waals surface area contributed by atoms with Gasteiger partial charge in [0.2, 0.25) is 0 Å². The van der Waals surface area contributed by atoms with Crippen LogP contribution in [0.3, 0.4) is 0 Å². The van der Waals surface area contributed by atoms with E-state index in [1.54, 1.807) is 55.5 Å². The second-order valence-electron chi connectivity index (χ2n) is 5.15. The zero-order valence-corrected chi connectivity index (χ0v) is 13.5. The van der Waals surface area contributed by atoms with Gasteiger partial charge in [0.25, 0.3) is 0 Å². The van der Waals surface area contributed by atoms with Crippen molar-refractivity contribution in [3.05, 3.63) is 71.8 Å². The predicted octanol–water partition coefficient (Wildman–Crippen LogP) is 3.11. The highest BCUT2D eigenvalue weighted by Crippen LogP contribution is 2.03. The lowest BCUT2D eigenvalue weighted by atomic mass is 10.2. The van der Waals surface area contributed by atoms with E-state index in [0.29, 0.717) is 11.1 Å². The summed E-state index contributed by atoms with van der Waals surface area (Å²) in [5.74, 6) is -0.774. The summed E-state index contributed by atoms with van der Waals surface area (Å²) in [4.78, 5) is 23.5. The van der Waals surface area contributed by atoms with E-state index >= 15 is 0 Å². The van der Waals surface area contributed by atoms with Gasteiger partial charge in [0.1, 0.15) is 13.2 Å². The van der Waals surface area contributed by atoms with Gasteiger partial charge < -0.3 is 14.2 Å². The highest BCUT2D eigenvalue weighted by Gasteiger charge is 2.10. The van der Waals surface area contributed by atoms with Crippen LogP contribution in [0.2, 0.25) is 0 Å². The van der Waals surface area contributed by atoms with Gasteiger partial charge in [-0.05, 0) is 31.2 Å². The first-order valence-corrected chi connectivity index (χ1v) is 7.73. The van der Waals surface area contributed by atoms with Crippen LogP contribution in [-0.2, 0) is 14.2 Å². The molecule has 1 unspecified atom stereocenters. The number of ether oxygens (including phenoxy) is 3. The molecule has 2 rings (SSSR count). The SMILES string of the molecule is CC(COC(=O)c1ccccc1)OCCOC(=O)c1ccccc1. The van der Waals surface area contributed by atoms with Crippen molar-refractivity contribution in [3.63, 3.8) is 0 Å². The van der Waals surface area contributed by atoms with Gasteiger partial charge in [-0.3, -0.25) is 0 Å². The Labute approximate surface area is 141 Å². The second-order valence-corrected chi connectivity index (χ2v) is 5.15. The first-order valence-electron chi connectivity index (χ1n) is 7.73. The van der Waals surface area contributed by atoms with Gasteiger partial charge in [-0.25, -0.2) is 9.59 Å². The highest BCUT2D eigenvalue weighted by atomic mass is 16.6. The summed E-state index contributed by atoms with van der Waals surface area (Å²) >= 11 is 0. The topological polar surface area (TPSA) is 61.8 Å². The fraction of sp³-hybridized carbons (Fsp3) is 0.263. The Morgan fingerprint density at radius 2 is 1.29 bits per heavy atom. The largest absolute Gasteiger partial charge is 0.460 e. The molecule has 0 radical (unpaired) electrons. The van der Waals surface area contributed by atoms with Crippen LogP contribution in [0.4, 0.5) is 0 Å². The third-order valence-electron chi connectivity index (χ3n) is 3.19. The predicted molar refractivity (Wildman–Crippen MR) is 88.9 cm³/mol. The number of carbonyl (C=O) groups excluding carboxylic acids is 2. The number of benzene rings is 2. The Kier molecular flexibility index (Phi) is 6.98. The minimum atomic E-state index is -0.387. The van der Waals surface area contributed by atoms with Crippen molar-refractivity contribution in [3.8, 4) is 0 Å². The Balaban J connectivity index is 1.61. The summed E-state index contributed by atoms with van der Waals surface area (Å²) in [7, 11) is 0. The van der Waals surface area contributed by atoms with Gasteiger partial charge in [0.15, 0.2) is 0 Å². The first kappa shape index (κ1) is 17.7. The number of esters is 2. The molecule has 0 aliphatic carbocycles. The van der Waals surface area contributed by atoms with E-state index in [9.17, 15) is 9.59 Å². The Bertz CT molecular complexity index is 639. The van der Waals surface area contributed by atoms with Gasteiger partial charge in [0, 0.05) is 0 Å². The molecule has 0 heterocycles. The van der Waals surface area contributed by atoms with Gasteiger partial charge in [-0.2, -0.15) is 0 Å². The molecular formula is C19H20O5. The van der Waals surface area contributed by atoms with Crippen LogP contribution in [0.5, 0.6) is 0 Å². The molecule has 0 amide bonds. The van der Waals surface area contributed by atoms with Gasteiger partial charge in [-0.15, -0.1) is 0 Å². The van der Waals surface area contributed by atoms with Crippen LogP contribution in [-0.4, -0.2) is 37.9 Å². The number of hydrogen-bond acceptors (Lipinski definition) is 5. The van der Waals surface area contributed by atoms with E-state index in [1.165, 1.54) is 0 Å². The van der Waals surface area contributed by atoms with Crippen LogP contribution in [0, 0.1) is 0 Å². The highest BCUT2D eigenvalue weighted by molar-refractivity contribution is 5.89. The molecule has 0 saturated heterocycles. The molecule has 0 saturated carbocycles. The molecule has 24 heavy (non-hydrogen) atoms. The molecule has 5 nitrogen and oxygen atoms in total. The van der Waals surface area contributed by atoms with Crippen molar-refractivity contribution >= 4 is 11.9 Å². The lowest BCUT2D eigenvalue weighted by Gasteiger charge is -2.13. The standard InChI is InChI=1S/C19H20O5/c1-15(14-24-19(21)17-10-6-3-7-11-17)22-12-13-23-18(20)16-8-4-2-5-9-16/h2-11,15H,12-14H2,1H3. The Morgan fingerprint density at radius 1 is 0.792 bits per heavy atom. The summed E-state index contributed by atoms with van der Waals surface area (Å²) < 4.78 is 15.7. The molecule has 0 bridgehead atoms. The van der Waals surface area contributed by atoms with Crippen molar-refractivity contribution in [2.45, 2.75) is 13.0 Å². The maximum atomic E-state index is 11.8. The van der Waals surface area contributed by atoms with E-state index < -0.39 is 0 Å². The summed E-state index contributed by atoms with van der Waals surface area (Å²) in [5.41, 5.74) is 1.00. The van der Waals surface area contributed by atoms with Gasteiger partial charge >= 0.3 is 11.9 Å². The second kappa shape index (κ2) is 9.47. The van der Waals surface area contributed by atoms with Crippen LogP contribution < -0.4 is 0 Å². The van der Waals surface area contributed by atoms with Crippen molar-refractivity contribution < 1.29 is 23.8 Å². The molecule has 126 valence electrons. The molecule has 0 N–H and O–H groups in total. The minimum Gasteiger partial charge on any atom is -0.460 e. The van der Waals surface area contributed by atoms with Crippen molar-refractivity contribution in [2.24, 2.45) is 0 Å². The van der Waals surface area contributed by atoms with Gasteiger partial charge in [0.05, 0.1) is 23.8 Å². The van der Waals surface area contributed by atoms with Crippen LogP contribution >= 0.6 is 0 Å². The lowest BCUT2D eigenvalue weighted by Crippen LogP contribution is -2.21. The van der Waals surface area contributed by atoms with Crippen molar-refractivity contribution in [1.29, 1.82) is 0 Å². The quantitative estimate of drug-likeness (QED) is 0.550. The van der Waals surface area contributed by atoms with E-state index in [2.05, 4.69) is 0 Å². The summed E-state index contributed by atoms with van der Waals surface area (Å²) in [6, 6.07) is 17.5. The molecule has 2 aromatic rings. The van der Waals surface area contributed by atoms with Crippen LogP contribution in [0.1, 0.15) is 27.6 Å². The molecule has 1 atom stereocenters.